The predicted molar refractivity (Wildman–Crippen MR) is 74.5 cm³/mol. The van der Waals surface area contributed by atoms with Crippen LogP contribution in [0.2, 0.25) is 0 Å². The molecule has 4 nitrogen and oxygen atoms in total. The minimum absolute atomic E-state index is 0.253. The van der Waals surface area contributed by atoms with E-state index in [0.717, 1.165) is 22.4 Å². The SMILES string of the molecule is C=Cc1ccc(-c2cnn(CC#N)c2)cc1OCC. The van der Waals surface area contributed by atoms with Crippen molar-refractivity contribution in [3.8, 4) is 22.9 Å². The second-order valence-corrected chi connectivity index (χ2v) is 3.97. The van der Waals surface area contributed by atoms with Crippen LogP contribution < -0.4 is 4.74 Å². The molecule has 0 aliphatic rings. The van der Waals surface area contributed by atoms with Crippen molar-refractivity contribution < 1.29 is 4.74 Å². The smallest absolute Gasteiger partial charge is 0.128 e. The highest BCUT2D eigenvalue weighted by Gasteiger charge is 2.06. The fourth-order valence-electron chi connectivity index (χ4n) is 1.83. The van der Waals surface area contributed by atoms with Gasteiger partial charge in [0.25, 0.3) is 0 Å². The molecule has 0 unspecified atom stereocenters. The lowest BCUT2D eigenvalue weighted by Gasteiger charge is -2.08. The van der Waals surface area contributed by atoms with Gasteiger partial charge in [0.15, 0.2) is 0 Å². The van der Waals surface area contributed by atoms with Crippen molar-refractivity contribution in [1.29, 1.82) is 5.26 Å². The molecule has 0 radical (unpaired) electrons. The molecule has 1 heterocycles. The third kappa shape index (κ3) is 2.83. The second kappa shape index (κ2) is 5.87. The Kier molecular flexibility index (Phi) is 3.99. The largest absolute Gasteiger partial charge is 0.493 e. The lowest BCUT2D eigenvalue weighted by Crippen LogP contribution is -1.94. The normalized spacial score (nSPS) is 9.89. The van der Waals surface area contributed by atoms with E-state index in [-0.39, 0.29) is 6.54 Å². The van der Waals surface area contributed by atoms with Gasteiger partial charge in [-0.1, -0.05) is 24.8 Å². The fraction of sp³-hybridized carbons (Fsp3) is 0.200. The minimum atomic E-state index is 0.253. The molecule has 2 rings (SSSR count). The van der Waals surface area contributed by atoms with E-state index in [9.17, 15) is 0 Å². The molecule has 0 bridgehead atoms. The Morgan fingerprint density at radius 1 is 1.47 bits per heavy atom. The van der Waals surface area contributed by atoms with Gasteiger partial charge in [0.1, 0.15) is 12.3 Å². The summed E-state index contributed by atoms with van der Waals surface area (Å²) in [6, 6.07) is 7.99. The van der Waals surface area contributed by atoms with E-state index >= 15 is 0 Å². The molecule has 0 amide bonds. The van der Waals surface area contributed by atoms with E-state index in [4.69, 9.17) is 10.00 Å². The topological polar surface area (TPSA) is 50.8 Å². The summed E-state index contributed by atoms with van der Waals surface area (Å²) >= 11 is 0. The van der Waals surface area contributed by atoms with E-state index < -0.39 is 0 Å². The van der Waals surface area contributed by atoms with Crippen LogP contribution >= 0.6 is 0 Å². The molecule has 0 aliphatic heterocycles. The number of nitriles is 1. The van der Waals surface area contributed by atoms with Crippen molar-refractivity contribution in [2.75, 3.05) is 6.61 Å². The van der Waals surface area contributed by atoms with Gasteiger partial charge in [0.05, 0.1) is 18.9 Å². The highest BCUT2D eigenvalue weighted by Crippen LogP contribution is 2.27. The third-order valence-electron chi connectivity index (χ3n) is 2.73. The molecule has 0 saturated carbocycles. The Morgan fingerprint density at radius 3 is 3.00 bits per heavy atom. The first kappa shape index (κ1) is 12.9. The number of hydrogen-bond donors (Lipinski definition) is 0. The van der Waals surface area contributed by atoms with E-state index in [1.807, 2.05) is 31.3 Å². The Morgan fingerprint density at radius 2 is 2.32 bits per heavy atom. The summed E-state index contributed by atoms with van der Waals surface area (Å²) in [5, 5.41) is 12.8. The number of aromatic nitrogens is 2. The van der Waals surface area contributed by atoms with Crippen LogP contribution in [0.1, 0.15) is 12.5 Å². The Labute approximate surface area is 112 Å². The van der Waals surface area contributed by atoms with Crippen LogP contribution in [0.25, 0.3) is 17.2 Å². The third-order valence-corrected chi connectivity index (χ3v) is 2.73. The molecule has 0 N–H and O–H groups in total. The highest BCUT2D eigenvalue weighted by molar-refractivity contribution is 5.68. The van der Waals surface area contributed by atoms with Crippen molar-refractivity contribution in [1.82, 2.24) is 9.78 Å². The predicted octanol–water partition coefficient (Wildman–Crippen LogP) is 3.12. The van der Waals surface area contributed by atoms with E-state index in [1.54, 1.807) is 17.0 Å². The molecule has 0 saturated heterocycles. The summed E-state index contributed by atoms with van der Waals surface area (Å²) in [6.45, 7) is 6.58. The van der Waals surface area contributed by atoms with Crippen LogP contribution in [0.4, 0.5) is 0 Å². The van der Waals surface area contributed by atoms with E-state index in [0.29, 0.717) is 6.61 Å². The zero-order chi connectivity index (χ0) is 13.7. The fourth-order valence-corrected chi connectivity index (χ4v) is 1.83. The highest BCUT2D eigenvalue weighted by atomic mass is 16.5. The van der Waals surface area contributed by atoms with Crippen molar-refractivity contribution in [3.63, 3.8) is 0 Å². The summed E-state index contributed by atoms with van der Waals surface area (Å²) in [5.41, 5.74) is 2.94. The first-order chi connectivity index (χ1) is 9.28. The van der Waals surface area contributed by atoms with Gasteiger partial charge < -0.3 is 4.74 Å². The van der Waals surface area contributed by atoms with E-state index in [1.165, 1.54) is 0 Å². The van der Waals surface area contributed by atoms with Crippen molar-refractivity contribution in [2.45, 2.75) is 13.5 Å². The second-order valence-electron chi connectivity index (χ2n) is 3.97. The average molecular weight is 253 g/mol. The summed E-state index contributed by atoms with van der Waals surface area (Å²) in [4.78, 5) is 0. The summed E-state index contributed by atoms with van der Waals surface area (Å²) in [5.74, 6) is 0.808. The first-order valence-corrected chi connectivity index (χ1v) is 6.07. The molecule has 0 atom stereocenters. The zero-order valence-corrected chi connectivity index (χ0v) is 10.8. The number of rotatable bonds is 5. The Hall–Kier alpha value is -2.54. The van der Waals surface area contributed by atoms with Crippen LogP contribution in [0.5, 0.6) is 5.75 Å². The maximum absolute atomic E-state index is 8.64. The quantitative estimate of drug-likeness (QED) is 0.822. The van der Waals surface area contributed by atoms with Gasteiger partial charge >= 0.3 is 0 Å². The van der Waals surface area contributed by atoms with Gasteiger partial charge in [-0.2, -0.15) is 10.4 Å². The average Bonchev–Trinajstić information content (AvgIpc) is 2.88. The molecule has 1 aromatic carbocycles. The minimum Gasteiger partial charge on any atom is -0.493 e. The Balaban J connectivity index is 2.36. The van der Waals surface area contributed by atoms with Crippen LogP contribution in [0.15, 0.2) is 37.2 Å². The van der Waals surface area contributed by atoms with Crippen LogP contribution in [0, 0.1) is 11.3 Å². The lowest BCUT2D eigenvalue weighted by atomic mass is 10.1. The van der Waals surface area contributed by atoms with Crippen molar-refractivity contribution >= 4 is 6.08 Å². The lowest BCUT2D eigenvalue weighted by molar-refractivity contribution is 0.339. The van der Waals surface area contributed by atoms with Gasteiger partial charge in [-0.15, -0.1) is 0 Å². The molecular formula is C15H15N3O. The van der Waals surface area contributed by atoms with Gasteiger partial charge in [0, 0.05) is 17.3 Å². The molecule has 2 aromatic rings. The van der Waals surface area contributed by atoms with E-state index in [2.05, 4.69) is 17.7 Å². The number of nitrogens with zero attached hydrogens (tertiary/aromatic N) is 3. The summed E-state index contributed by atoms with van der Waals surface area (Å²) in [7, 11) is 0. The number of benzene rings is 1. The van der Waals surface area contributed by atoms with Crippen LogP contribution in [-0.4, -0.2) is 16.4 Å². The monoisotopic (exact) mass is 253 g/mol. The summed E-state index contributed by atoms with van der Waals surface area (Å²) < 4.78 is 7.20. The van der Waals surface area contributed by atoms with Gasteiger partial charge in [0.2, 0.25) is 0 Å². The maximum atomic E-state index is 8.64. The van der Waals surface area contributed by atoms with Crippen LogP contribution in [-0.2, 0) is 6.54 Å². The number of ether oxygens (including phenoxy) is 1. The zero-order valence-electron chi connectivity index (χ0n) is 10.8. The maximum Gasteiger partial charge on any atom is 0.128 e. The first-order valence-electron chi connectivity index (χ1n) is 6.07. The van der Waals surface area contributed by atoms with Crippen molar-refractivity contribution in [2.24, 2.45) is 0 Å². The molecule has 0 spiro atoms. The van der Waals surface area contributed by atoms with Gasteiger partial charge in [-0.05, 0) is 18.6 Å². The number of hydrogen-bond acceptors (Lipinski definition) is 3. The molecule has 4 heteroatoms. The molecule has 1 aromatic heterocycles. The molecular weight excluding hydrogens is 238 g/mol. The molecule has 0 aliphatic carbocycles. The standard InChI is InChI=1S/C15H15N3O/c1-3-12-5-6-13(9-15(12)19-4-2)14-10-17-18(11-14)8-7-16/h3,5-6,9-11H,1,4,8H2,2H3. The molecule has 96 valence electrons. The van der Waals surface area contributed by atoms with Gasteiger partial charge in [-0.3, -0.25) is 4.68 Å². The molecule has 19 heavy (non-hydrogen) atoms. The van der Waals surface area contributed by atoms with Crippen LogP contribution in [0.3, 0.4) is 0 Å². The molecule has 0 fully saturated rings. The Bertz CT molecular complexity index is 623. The van der Waals surface area contributed by atoms with Crippen molar-refractivity contribution in [3.05, 3.63) is 42.7 Å². The summed E-state index contributed by atoms with van der Waals surface area (Å²) in [6.07, 6.45) is 5.37. The van der Waals surface area contributed by atoms with Gasteiger partial charge in [-0.25, -0.2) is 0 Å².